The number of likely N-dealkylation sites (N-methyl/N-ethyl adjacent to an activating group) is 1. The first kappa shape index (κ1) is 34.9. The summed E-state index contributed by atoms with van der Waals surface area (Å²) in [5, 5.41) is 11.4. The number of aromatic amines is 1. The SMILES string of the molecule is C=C(C(=O)Nc1cccc2c(-c3ccnc(Nc4cn(C)nc4OC)n3)c[nH]c12)N1CCN(C)CC1.Cl.O=C1NS(=O)(=O)c2ccccc21. The fraction of sp³-hybridized carbons (Fsp3) is 0.219. The number of hydrogen-bond acceptors (Lipinski definition) is 11. The number of rotatable bonds is 7. The summed E-state index contributed by atoms with van der Waals surface area (Å²) in [6, 6.07) is 13.7. The molecule has 0 saturated carbocycles. The molecule has 1 saturated heterocycles. The van der Waals surface area contributed by atoms with Crippen LogP contribution in [-0.4, -0.2) is 95.1 Å². The Morgan fingerprint density at radius 1 is 1.00 bits per heavy atom. The summed E-state index contributed by atoms with van der Waals surface area (Å²) in [6.07, 6.45) is 5.37. The highest BCUT2D eigenvalue weighted by Crippen LogP contribution is 2.33. The number of methoxy groups -OCH3 is 1. The van der Waals surface area contributed by atoms with E-state index in [2.05, 4.69) is 49.2 Å². The molecule has 4 N–H and O–H groups in total. The number of fused-ring (bicyclic) bond motifs is 2. The molecule has 0 unspecified atom stereocenters. The Morgan fingerprint density at radius 2 is 1.76 bits per heavy atom. The first-order valence-electron chi connectivity index (χ1n) is 14.9. The predicted octanol–water partition coefficient (Wildman–Crippen LogP) is 3.35. The minimum absolute atomic E-state index is 0. The van der Waals surface area contributed by atoms with Gasteiger partial charge in [-0.2, -0.15) is 0 Å². The number of para-hydroxylation sites is 1. The zero-order valence-corrected chi connectivity index (χ0v) is 28.6. The maximum Gasteiger partial charge on any atom is 0.271 e. The van der Waals surface area contributed by atoms with Gasteiger partial charge in [-0.05, 0) is 31.3 Å². The monoisotopic (exact) mass is 706 g/mol. The molecule has 1 fully saturated rings. The minimum Gasteiger partial charge on any atom is -0.478 e. The summed E-state index contributed by atoms with van der Waals surface area (Å²) in [7, 11) is 1.90. The molecule has 0 spiro atoms. The molecule has 5 aromatic rings. The molecule has 3 aromatic heterocycles. The van der Waals surface area contributed by atoms with E-state index < -0.39 is 15.9 Å². The number of H-pyrrole nitrogens is 1. The zero-order valence-electron chi connectivity index (χ0n) is 26.9. The maximum atomic E-state index is 13.0. The van der Waals surface area contributed by atoms with Gasteiger partial charge in [0.15, 0.2) is 0 Å². The number of amides is 2. The maximum absolute atomic E-state index is 13.0. The molecule has 17 heteroatoms. The van der Waals surface area contributed by atoms with Crippen LogP contribution in [0.25, 0.3) is 22.2 Å². The first-order chi connectivity index (χ1) is 23.0. The molecule has 2 amide bonds. The molecule has 7 rings (SSSR count). The van der Waals surface area contributed by atoms with E-state index in [0.29, 0.717) is 28.9 Å². The molecular weight excluding hydrogens is 672 g/mol. The van der Waals surface area contributed by atoms with E-state index in [9.17, 15) is 18.0 Å². The number of nitrogens with zero attached hydrogens (tertiary/aromatic N) is 6. The second kappa shape index (κ2) is 14.3. The molecule has 0 aliphatic carbocycles. The van der Waals surface area contributed by atoms with Crippen LogP contribution in [0.5, 0.6) is 5.88 Å². The van der Waals surface area contributed by atoms with E-state index in [1.807, 2.05) is 47.1 Å². The Kier molecular flexibility index (Phi) is 10.2. The standard InChI is InChI=1S/C25H29N9O2.C7H5NO3S.ClH/c1-16(34-12-10-32(2)11-13-34)23(35)28-20-7-5-6-17-18(14-27-22(17)20)19-8-9-26-25(29-19)30-21-15-33(3)31-24(21)36-4;9-7-5-3-1-2-4-6(5)12(10,11)8-7;/h5-9,14-15,27H,1,10-13H2,2-4H3,(H,28,35)(H,26,29,30);1-4H,(H,8,9);1H. The van der Waals surface area contributed by atoms with Crippen molar-refractivity contribution in [3.8, 4) is 17.1 Å². The second-order valence-corrected chi connectivity index (χ2v) is 12.8. The summed E-state index contributed by atoms with van der Waals surface area (Å²) in [5.41, 5.74) is 4.48. The number of nitrogens with one attached hydrogen (secondary N) is 4. The van der Waals surface area contributed by atoms with Gasteiger partial charge < -0.3 is 30.2 Å². The van der Waals surface area contributed by atoms with Gasteiger partial charge in [-0.1, -0.05) is 30.8 Å². The number of hydrogen-bond donors (Lipinski definition) is 4. The highest BCUT2D eigenvalue weighted by atomic mass is 35.5. The van der Waals surface area contributed by atoms with Gasteiger partial charge in [-0.15, -0.1) is 17.5 Å². The van der Waals surface area contributed by atoms with Crippen LogP contribution in [0.1, 0.15) is 10.4 Å². The summed E-state index contributed by atoms with van der Waals surface area (Å²) in [4.78, 5) is 40.6. The predicted molar refractivity (Wildman–Crippen MR) is 188 cm³/mol. The van der Waals surface area contributed by atoms with Gasteiger partial charge in [0.2, 0.25) is 5.95 Å². The van der Waals surface area contributed by atoms with Crippen molar-refractivity contribution in [1.82, 2.24) is 39.3 Å². The number of piperazine rings is 1. The zero-order chi connectivity index (χ0) is 34.0. The molecule has 0 radical (unpaired) electrons. The van der Waals surface area contributed by atoms with Crippen LogP contribution in [0.2, 0.25) is 0 Å². The Labute approximate surface area is 288 Å². The lowest BCUT2D eigenvalue weighted by molar-refractivity contribution is -0.114. The Balaban J connectivity index is 0.000000303. The first-order valence-corrected chi connectivity index (χ1v) is 16.4. The van der Waals surface area contributed by atoms with E-state index in [1.54, 1.807) is 36.3 Å². The molecule has 2 aromatic carbocycles. The number of sulfonamides is 1. The Hall–Kier alpha value is -5.45. The van der Waals surface area contributed by atoms with Gasteiger partial charge in [0.25, 0.3) is 27.7 Å². The molecule has 0 bridgehead atoms. The number of aromatic nitrogens is 5. The van der Waals surface area contributed by atoms with Crippen LogP contribution in [0.15, 0.2) is 84.3 Å². The molecule has 0 atom stereocenters. The number of carbonyl (C=O) groups is 2. The second-order valence-electron chi connectivity index (χ2n) is 11.2. The largest absolute Gasteiger partial charge is 0.478 e. The number of benzene rings is 2. The van der Waals surface area contributed by atoms with Crippen LogP contribution in [0, 0.1) is 0 Å². The number of anilines is 3. The third-order valence-electron chi connectivity index (χ3n) is 7.93. The average molecular weight is 707 g/mol. The molecule has 49 heavy (non-hydrogen) atoms. The molecule has 2 aliphatic rings. The van der Waals surface area contributed by atoms with Crippen LogP contribution < -0.4 is 20.1 Å². The Morgan fingerprint density at radius 3 is 2.49 bits per heavy atom. The van der Waals surface area contributed by atoms with Crippen molar-refractivity contribution >= 4 is 62.5 Å². The highest BCUT2D eigenvalue weighted by molar-refractivity contribution is 7.90. The van der Waals surface area contributed by atoms with Gasteiger partial charge >= 0.3 is 0 Å². The van der Waals surface area contributed by atoms with Crippen molar-refractivity contribution in [3.63, 3.8) is 0 Å². The lowest BCUT2D eigenvalue weighted by Crippen LogP contribution is -2.45. The lowest BCUT2D eigenvalue weighted by Gasteiger charge is -2.34. The molecule has 15 nitrogen and oxygen atoms in total. The average Bonchev–Trinajstić information content (AvgIpc) is 3.74. The summed E-state index contributed by atoms with van der Waals surface area (Å²) < 4.78 is 31.1. The van der Waals surface area contributed by atoms with Gasteiger partial charge in [0.05, 0.1) is 41.5 Å². The molecule has 2 aliphatic heterocycles. The highest BCUT2D eigenvalue weighted by Gasteiger charge is 2.31. The minimum atomic E-state index is -3.55. The van der Waals surface area contributed by atoms with Gasteiger partial charge in [-0.3, -0.25) is 14.3 Å². The summed E-state index contributed by atoms with van der Waals surface area (Å²) in [5.74, 6) is 0.117. The van der Waals surface area contributed by atoms with Crippen molar-refractivity contribution in [1.29, 1.82) is 0 Å². The van der Waals surface area contributed by atoms with Crippen molar-refractivity contribution in [2.45, 2.75) is 4.90 Å². The van der Waals surface area contributed by atoms with Crippen molar-refractivity contribution in [2.75, 3.05) is 51.0 Å². The van der Waals surface area contributed by atoms with Crippen molar-refractivity contribution in [3.05, 3.63) is 85.0 Å². The van der Waals surface area contributed by atoms with Crippen LogP contribution >= 0.6 is 12.4 Å². The molecular formula is C32H35ClN10O5S. The van der Waals surface area contributed by atoms with Gasteiger partial charge in [0.1, 0.15) is 10.6 Å². The fourth-order valence-electron chi connectivity index (χ4n) is 5.40. The molecule has 256 valence electrons. The normalized spacial score (nSPS) is 14.9. The number of carbonyl (C=O) groups excluding carboxylic acids is 2. The third-order valence-corrected chi connectivity index (χ3v) is 9.31. The number of aryl methyl sites for hydroxylation is 1. The van der Waals surface area contributed by atoms with Crippen molar-refractivity contribution < 1.29 is 22.7 Å². The topological polar surface area (TPSA) is 179 Å². The van der Waals surface area contributed by atoms with E-state index in [1.165, 1.54) is 12.1 Å². The fourth-order valence-corrected chi connectivity index (χ4v) is 6.57. The van der Waals surface area contributed by atoms with E-state index >= 15 is 0 Å². The quantitative estimate of drug-likeness (QED) is 0.182. The van der Waals surface area contributed by atoms with E-state index in [4.69, 9.17) is 4.74 Å². The van der Waals surface area contributed by atoms with E-state index in [0.717, 1.165) is 48.3 Å². The summed E-state index contributed by atoms with van der Waals surface area (Å²) in [6.45, 7) is 7.43. The van der Waals surface area contributed by atoms with Crippen LogP contribution in [0.3, 0.4) is 0 Å². The third kappa shape index (κ3) is 7.35. The van der Waals surface area contributed by atoms with Gasteiger partial charge in [-0.25, -0.2) is 23.1 Å². The summed E-state index contributed by atoms with van der Waals surface area (Å²) >= 11 is 0. The number of halogens is 1. The number of ether oxygens (including phenoxy) is 1. The van der Waals surface area contributed by atoms with Gasteiger partial charge in [0, 0.05) is 56.6 Å². The lowest BCUT2D eigenvalue weighted by atomic mass is 10.1. The smallest absolute Gasteiger partial charge is 0.271 e. The van der Waals surface area contributed by atoms with Crippen LogP contribution in [0.4, 0.5) is 17.3 Å². The van der Waals surface area contributed by atoms with E-state index in [-0.39, 0.29) is 28.8 Å². The van der Waals surface area contributed by atoms with Crippen LogP contribution in [-0.2, 0) is 21.9 Å². The molecule has 5 heterocycles. The Bertz CT molecular complexity index is 2140. The van der Waals surface area contributed by atoms with Crippen molar-refractivity contribution in [2.24, 2.45) is 7.05 Å².